The SMILES string of the molecule is c1ccc(-c2cnc3cc[n+]4c(c3c2)NNC4)cc1. The normalized spacial score (nSPS) is 13.3. The summed E-state index contributed by atoms with van der Waals surface area (Å²) in [6.45, 7) is 0.779. The number of pyridine rings is 2. The maximum Gasteiger partial charge on any atom is 0.303 e. The van der Waals surface area contributed by atoms with E-state index >= 15 is 0 Å². The van der Waals surface area contributed by atoms with Gasteiger partial charge in [-0.25, -0.2) is 4.57 Å². The standard InChI is InChI=1S/C15H12N4/c1-2-4-11(5-3-1)12-8-13-14(16-9-12)6-7-19-10-17-18-15(13)19/h1-9,17H,10H2/p+1. The molecule has 0 saturated carbocycles. The lowest BCUT2D eigenvalue weighted by molar-refractivity contribution is -0.674. The van der Waals surface area contributed by atoms with E-state index in [1.165, 1.54) is 5.56 Å². The maximum absolute atomic E-state index is 4.55. The van der Waals surface area contributed by atoms with Gasteiger partial charge in [0.15, 0.2) is 6.67 Å². The summed E-state index contributed by atoms with van der Waals surface area (Å²) in [4.78, 5) is 4.55. The van der Waals surface area contributed by atoms with Crippen molar-refractivity contribution in [2.45, 2.75) is 6.67 Å². The van der Waals surface area contributed by atoms with Crippen molar-refractivity contribution in [3.8, 4) is 11.1 Å². The molecule has 1 aliphatic heterocycles. The zero-order valence-corrected chi connectivity index (χ0v) is 10.3. The highest BCUT2D eigenvalue weighted by Gasteiger charge is 2.20. The molecule has 0 spiro atoms. The smallest absolute Gasteiger partial charge is 0.255 e. The first-order valence-corrected chi connectivity index (χ1v) is 6.28. The summed E-state index contributed by atoms with van der Waals surface area (Å²) in [6, 6.07) is 14.5. The van der Waals surface area contributed by atoms with Gasteiger partial charge in [-0.05, 0) is 11.6 Å². The molecule has 1 aromatic carbocycles. The lowest BCUT2D eigenvalue weighted by Gasteiger charge is -2.04. The van der Waals surface area contributed by atoms with E-state index in [0.29, 0.717) is 0 Å². The molecule has 0 aliphatic carbocycles. The number of hydrogen-bond donors (Lipinski definition) is 2. The van der Waals surface area contributed by atoms with Crippen molar-refractivity contribution >= 4 is 16.7 Å². The van der Waals surface area contributed by atoms with Crippen LogP contribution in [0.2, 0.25) is 0 Å². The van der Waals surface area contributed by atoms with Gasteiger partial charge in [-0.1, -0.05) is 30.3 Å². The summed E-state index contributed by atoms with van der Waals surface area (Å²) in [5.74, 6) is 1.07. The number of hydrazine groups is 1. The molecule has 2 N–H and O–H groups in total. The van der Waals surface area contributed by atoms with Crippen LogP contribution in [0.25, 0.3) is 22.0 Å². The van der Waals surface area contributed by atoms with E-state index in [4.69, 9.17) is 0 Å². The van der Waals surface area contributed by atoms with Gasteiger partial charge < -0.3 is 0 Å². The zero-order valence-electron chi connectivity index (χ0n) is 10.3. The number of rotatable bonds is 1. The lowest BCUT2D eigenvalue weighted by atomic mass is 10.1. The second-order valence-electron chi connectivity index (χ2n) is 4.62. The van der Waals surface area contributed by atoms with E-state index in [0.717, 1.165) is 29.0 Å². The molecule has 3 aromatic rings. The highest BCUT2D eigenvalue weighted by atomic mass is 15.5. The van der Waals surface area contributed by atoms with E-state index in [1.807, 2.05) is 36.7 Å². The van der Waals surface area contributed by atoms with Crippen LogP contribution in [0.3, 0.4) is 0 Å². The fraction of sp³-hybridized carbons (Fsp3) is 0.0667. The maximum atomic E-state index is 4.55. The molecule has 92 valence electrons. The fourth-order valence-electron chi connectivity index (χ4n) is 2.46. The van der Waals surface area contributed by atoms with Crippen LogP contribution in [0.15, 0.2) is 54.9 Å². The van der Waals surface area contributed by atoms with E-state index in [9.17, 15) is 0 Å². The van der Waals surface area contributed by atoms with Crippen LogP contribution in [0.4, 0.5) is 5.82 Å². The molecule has 0 amide bonds. The van der Waals surface area contributed by atoms with E-state index < -0.39 is 0 Å². The molecule has 4 nitrogen and oxygen atoms in total. The second-order valence-corrected chi connectivity index (χ2v) is 4.62. The van der Waals surface area contributed by atoms with Crippen LogP contribution in [0.5, 0.6) is 0 Å². The van der Waals surface area contributed by atoms with Crippen molar-refractivity contribution in [1.82, 2.24) is 10.4 Å². The lowest BCUT2D eigenvalue weighted by Crippen LogP contribution is -2.32. The third-order valence-electron chi connectivity index (χ3n) is 3.44. The Bertz CT molecular complexity index is 753. The Balaban J connectivity index is 1.96. The number of anilines is 1. The summed E-state index contributed by atoms with van der Waals surface area (Å²) in [5, 5.41) is 1.13. The van der Waals surface area contributed by atoms with Crippen LogP contribution in [0.1, 0.15) is 0 Å². The van der Waals surface area contributed by atoms with Gasteiger partial charge in [-0.15, -0.1) is 5.43 Å². The van der Waals surface area contributed by atoms with Gasteiger partial charge in [0, 0.05) is 17.8 Å². The number of nitrogens with zero attached hydrogens (tertiary/aromatic N) is 2. The largest absolute Gasteiger partial charge is 0.303 e. The van der Waals surface area contributed by atoms with E-state index in [2.05, 4.69) is 38.6 Å². The molecule has 0 unspecified atom stereocenters. The molecule has 4 heteroatoms. The third-order valence-corrected chi connectivity index (χ3v) is 3.44. The number of aromatic nitrogens is 2. The molecule has 3 heterocycles. The second kappa shape index (κ2) is 4.03. The summed E-state index contributed by atoms with van der Waals surface area (Å²) in [6.07, 6.45) is 3.97. The summed E-state index contributed by atoms with van der Waals surface area (Å²) in [7, 11) is 0. The molecule has 1 aliphatic rings. The first kappa shape index (κ1) is 10.5. The molecule has 0 bridgehead atoms. The van der Waals surface area contributed by atoms with Crippen molar-refractivity contribution in [3.05, 3.63) is 54.9 Å². The third kappa shape index (κ3) is 1.65. The topological polar surface area (TPSA) is 40.8 Å². The minimum atomic E-state index is 0.779. The average Bonchev–Trinajstić information content (AvgIpc) is 2.96. The Labute approximate surface area is 110 Å². The van der Waals surface area contributed by atoms with Crippen LogP contribution >= 0.6 is 0 Å². The summed E-state index contributed by atoms with van der Waals surface area (Å²) >= 11 is 0. The average molecular weight is 249 g/mol. The number of fused-ring (bicyclic) bond motifs is 3. The molecule has 4 rings (SSSR count). The van der Waals surface area contributed by atoms with Gasteiger partial charge in [0.1, 0.15) is 0 Å². The van der Waals surface area contributed by atoms with Crippen molar-refractivity contribution in [3.63, 3.8) is 0 Å². The molecular formula is C15H13N4+. The Morgan fingerprint density at radius 2 is 1.95 bits per heavy atom. The molecule has 0 fully saturated rings. The van der Waals surface area contributed by atoms with Gasteiger partial charge in [0.2, 0.25) is 0 Å². The Hall–Kier alpha value is -2.46. The van der Waals surface area contributed by atoms with Crippen LogP contribution < -0.4 is 15.4 Å². The first-order chi connectivity index (χ1) is 9.42. The Morgan fingerprint density at radius 3 is 2.84 bits per heavy atom. The zero-order chi connectivity index (χ0) is 12.7. The molecule has 2 aromatic heterocycles. The van der Waals surface area contributed by atoms with Crippen LogP contribution in [0, 0.1) is 0 Å². The Morgan fingerprint density at radius 1 is 1.05 bits per heavy atom. The number of benzene rings is 1. The predicted molar refractivity (Wildman–Crippen MR) is 74.1 cm³/mol. The number of nitrogens with one attached hydrogen (secondary N) is 2. The highest BCUT2D eigenvalue weighted by Crippen LogP contribution is 2.25. The molecule has 0 radical (unpaired) electrons. The van der Waals surface area contributed by atoms with Gasteiger partial charge in [0.05, 0.1) is 17.1 Å². The molecule has 0 atom stereocenters. The van der Waals surface area contributed by atoms with Crippen LogP contribution in [-0.4, -0.2) is 4.98 Å². The fourth-order valence-corrected chi connectivity index (χ4v) is 2.46. The quantitative estimate of drug-likeness (QED) is 0.649. The van der Waals surface area contributed by atoms with Gasteiger partial charge >= 0.3 is 5.82 Å². The van der Waals surface area contributed by atoms with Crippen molar-refractivity contribution in [1.29, 1.82) is 0 Å². The van der Waals surface area contributed by atoms with Crippen molar-refractivity contribution in [2.24, 2.45) is 0 Å². The molecule has 0 saturated heterocycles. The number of hydrogen-bond acceptors (Lipinski definition) is 3. The summed E-state index contributed by atoms with van der Waals surface area (Å²) < 4.78 is 2.14. The highest BCUT2D eigenvalue weighted by molar-refractivity contribution is 5.90. The van der Waals surface area contributed by atoms with Crippen molar-refractivity contribution < 1.29 is 4.57 Å². The van der Waals surface area contributed by atoms with Crippen molar-refractivity contribution in [2.75, 3.05) is 5.43 Å². The van der Waals surface area contributed by atoms with E-state index in [1.54, 1.807) is 0 Å². The van der Waals surface area contributed by atoms with Crippen LogP contribution in [-0.2, 0) is 6.67 Å². The van der Waals surface area contributed by atoms with Gasteiger partial charge in [0.25, 0.3) is 0 Å². The van der Waals surface area contributed by atoms with Gasteiger partial charge in [-0.2, -0.15) is 5.43 Å². The predicted octanol–water partition coefficient (Wildman–Crippen LogP) is 2.08. The molecule has 19 heavy (non-hydrogen) atoms. The minimum absolute atomic E-state index is 0.779. The van der Waals surface area contributed by atoms with Gasteiger partial charge in [-0.3, -0.25) is 4.98 Å². The minimum Gasteiger partial charge on any atom is -0.255 e. The Kier molecular flexibility index (Phi) is 2.22. The van der Waals surface area contributed by atoms with E-state index in [-0.39, 0.29) is 0 Å². The molecular weight excluding hydrogens is 236 g/mol. The first-order valence-electron chi connectivity index (χ1n) is 6.28. The monoisotopic (exact) mass is 249 g/mol. The summed E-state index contributed by atoms with van der Waals surface area (Å²) in [5.41, 5.74) is 9.64.